The summed E-state index contributed by atoms with van der Waals surface area (Å²) in [7, 11) is 0. The van der Waals surface area contributed by atoms with Crippen LogP contribution in [-0.4, -0.2) is 42.3 Å². The Morgan fingerprint density at radius 2 is 1.48 bits per heavy atom. The largest absolute Gasteiger partial charge is 0.376 e. The molecular formula is C24H30N4O3. The van der Waals surface area contributed by atoms with Gasteiger partial charge >= 0.3 is 0 Å². The standard InChI is InChI=1S/C24H30N4O3/c1-24(2,3)23(31)27-20-11-7-10-19(15-20)26-21(29)16-25-18-9-6-8-17(14-18)22(30)28-12-4-5-13-28/h6-11,14-15,25H,4-5,12-13,16H2,1-3H3,(H,26,29)(H,27,31). The van der Waals surface area contributed by atoms with E-state index in [1.165, 1.54) is 0 Å². The summed E-state index contributed by atoms with van der Waals surface area (Å²) in [6, 6.07) is 14.2. The molecule has 31 heavy (non-hydrogen) atoms. The van der Waals surface area contributed by atoms with E-state index in [1.807, 2.05) is 37.8 Å². The van der Waals surface area contributed by atoms with Gasteiger partial charge < -0.3 is 20.9 Å². The molecule has 7 nitrogen and oxygen atoms in total. The molecular weight excluding hydrogens is 392 g/mol. The second-order valence-corrected chi connectivity index (χ2v) is 8.77. The van der Waals surface area contributed by atoms with Gasteiger partial charge in [-0.15, -0.1) is 0 Å². The fraction of sp³-hybridized carbons (Fsp3) is 0.375. The van der Waals surface area contributed by atoms with Gasteiger partial charge in [-0.1, -0.05) is 32.9 Å². The van der Waals surface area contributed by atoms with Crippen molar-refractivity contribution in [3.05, 3.63) is 54.1 Å². The molecule has 0 aromatic heterocycles. The third-order valence-electron chi connectivity index (χ3n) is 5.04. The summed E-state index contributed by atoms with van der Waals surface area (Å²) >= 11 is 0. The van der Waals surface area contributed by atoms with Crippen molar-refractivity contribution in [3.8, 4) is 0 Å². The maximum Gasteiger partial charge on any atom is 0.253 e. The molecule has 1 aliphatic rings. The zero-order valence-electron chi connectivity index (χ0n) is 18.3. The van der Waals surface area contributed by atoms with E-state index in [-0.39, 0.29) is 24.3 Å². The number of nitrogens with one attached hydrogen (secondary N) is 3. The molecule has 0 spiro atoms. The number of anilines is 3. The molecule has 3 N–H and O–H groups in total. The second-order valence-electron chi connectivity index (χ2n) is 8.77. The van der Waals surface area contributed by atoms with Crippen molar-refractivity contribution in [2.75, 3.05) is 35.6 Å². The predicted octanol–water partition coefficient (Wildman–Crippen LogP) is 3.96. The monoisotopic (exact) mass is 422 g/mol. The number of carbonyl (C=O) groups excluding carboxylic acids is 3. The van der Waals surface area contributed by atoms with Crippen molar-refractivity contribution in [1.82, 2.24) is 4.90 Å². The fourth-order valence-corrected chi connectivity index (χ4v) is 3.25. The Morgan fingerprint density at radius 3 is 2.16 bits per heavy atom. The normalized spacial score (nSPS) is 13.6. The number of hydrogen-bond acceptors (Lipinski definition) is 4. The zero-order chi connectivity index (χ0) is 22.4. The lowest BCUT2D eigenvalue weighted by molar-refractivity contribution is -0.123. The maximum atomic E-state index is 12.5. The molecule has 0 saturated carbocycles. The van der Waals surface area contributed by atoms with E-state index in [0.717, 1.165) is 25.9 Å². The molecule has 0 aliphatic carbocycles. The van der Waals surface area contributed by atoms with Gasteiger partial charge in [-0.3, -0.25) is 14.4 Å². The van der Waals surface area contributed by atoms with Gasteiger partial charge in [0.1, 0.15) is 0 Å². The van der Waals surface area contributed by atoms with E-state index in [0.29, 0.717) is 22.6 Å². The molecule has 0 bridgehead atoms. The lowest BCUT2D eigenvalue weighted by Crippen LogP contribution is -2.28. The van der Waals surface area contributed by atoms with Gasteiger partial charge in [0.05, 0.1) is 6.54 Å². The summed E-state index contributed by atoms with van der Waals surface area (Å²) < 4.78 is 0. The van der Waals surface area contributed by atoms with Crippen LogP contribution in [0.1, 0.15) is 44.0 Å². The Morgan fingerprint density at radius 1 is 0.871 bits per heavy atom. The van der Waals surface area contributed by atoms with Crippen molar-refractivity contribution < 1.29 is 14.4 Å². The number of amides is 3. The highest BCUT2D eigenvalue weighted by atomic mass is 16.2. The highest BCUT2D eigenvalue weighted by molar-refractivity contribution is 5.98. The van der Waals surface area contributed by atoms with Crippen LogP contribution >= 0.6 is 0 Å². The highest BCUT2D eigenvalue weighted by Gasteiger charge is 2.21. The molecule has 0 radical (unpaired) electrons. The molecule has 2 aromatic carbocycles. The fourth-order valence-electron chi connectivity index (χ4n) is 3.25. The molecule has 164 valence electrons. The van der Waals surface area contributed by atoms with Gasteiger partial charge in [0.15, 0.2) is 0 Å². The topological polar surface area (TPSA) is 90.5 Å². The average Bonchev–Trinajstić information content (AvgIpc) is 3.26. The third kappa shape index (κ3) is 6.31. The molecule has 1 aliphatic heterocycles. The van der Waals surface area contributed by atoms with Crippen molar-refractivity contribution in [1.29, 1.82) is 0 Å². The van der Waals surface area contributed by atoms with Gasteiger partial charge in [-0.05, 0) is 49.2 Å². The Hall–Kier alpha value is -3.35. The molecule has 1 fully saturated rings. The number of likely N-dealkylation sites (tertiary alicyclic amines) is 1. The van der Waals surface area contributed by atoms with Gasteiger partial charge in [0.2, 0.25) is 11.8 Å². The molecule has 3 amide bonds. The van der Waals surface area contributed by atoms with Crippen LogP contribution in [0.15, 0.2) is 48.5 Å². The Bertz CT molecular complexity index is 959. The summed E-state index contributed by atoms with van der Waals surface area (Å²) in [5.41, 5.74) is 2.05. The summed E-state index contributed by atoms with van der Waals surface area (Å²) in [6.07, 6.45) is 2.09. The minimum absolute atomic E-state index is 0.0275. The van der Waals surface area contributed by atoms with Gasteiger partial charge in [0, 0.05) is 41.1 Å². The number of carbonyl (C=O) groups is 3. The summed E-state index contributed by atoms with van der Waals surface area (Å²) in [5.74, 6) is -0.295. The van der Waals surface area contributed by atoms with Gasteiger partial charge in [0.25, 0.3) is 5.91 Å². The lowest BCUT2D eigenvalue weighted by Gasteiger charge is -2.18. The third-order valence-corrected chi connectivity index (χ3v) is 5.04. The van der Waals surface area contributed by atoms with Crippen LogP contribution in [0.4, 0.5) is 17.1 Å². The summed E-state index contributed by atoms with van der Waals surface area (Å²) in [5, 5.41) is 8.73. The number of rotatable bonds is 6. The van der Waals surface area contributed by atoms with E-state index in [9.17, 15) is 14.4 Å². The molecule has 0 atom stereocenters. The smallest absolute Gasteiger partial charge is 0.253 e. The quantitative estimate of drug-likeness (QED) is 0.657. The zero-order valence-corrected chi connectivity index (χ0v) is 18.3. The maximum absolute atomic E-state index is 12.5. The first kappa shape index (κ1) is 22.3. The van der Waals surface area contributed by atoms with Crippen LogP contribution in [0.3, 0.4) is 0 Å². The van der Waals surface area contributed by atoms with Crippen molar-refractivity contribution in [3.63, 3.8) is 0 Å². The minimum atomic E-state index is -0.506. The average molecular weight is 423 g/mol. The van der Waals surface area contributed by atoms with E-state index in [4.69, 9.17) is 0 Å². The molecule has 3 rings (SSSR count). The van der Waals surface area contributed by atoms with Crippen molar-refractivity contribution in [2.24, 2.45) is 5.41 Å². The minimum Gasteiger partial charge on any atom is -0.376 e. The predicted molar refractivity (Wildman–Crippen MR) is 123 cm³/mol. The highest BCUT2D eigenvalue weighted by Crippen LogP contribution is 2.20. The summed E-state index contributed by atoms with van der Waals surface area (Å²) in [4.78, 5) is 38.9. The van der Waals surface area contributed by atoms with Crippen LogP contribution in [0.25, 0.3) is 0 Å². The second kappa shape index (κ2) is 9.64. The van der Waals surface area contributed by atoms with E-state index in [2.05, 4.69) is 16.0 Å². The Balaban J connectivity index is 1.55. The van der Waals surface area contributed by atoms with Crippen LogP contribution < -0.4 is 16.0 Å². The van der Waals surface area contributed by atoms with Crippen LogP contribution in [0.2, 0.25) is 0 Å². The number of nitrogens with zero attached hydrogens (tertiary/aromatic N) is 1. The Labute approximate surface area is 183 Å². The lowest BCUT2D eigenvalue weighted by atomic mass is 9.95. The van der Waals surface area contributed by atoms with Crippen LogP contribution in [-0.2, 0) is 9.59 Å². The first-order valence-corrected chi connectivity index (χ1v) is 10.6. The SMILES string of the molecule is CC(C)(C)C(=O)Nc1cccc(NC(=O)CNc2cccc(C(=O)N3CCCC3)c2)c1. The Kier molecular flexibility index (Phi) is 6.95. The molecule has 1 saturated heterocycles. The summed E-state index contributed by atoms with van der Waals surface area (Å²) in [6.45, 7) is 7.18. The number of hydrogen-bond donors (Lipinski definition) is 3. The van der Waals surface area contributed by atoms with Crippen molar-refractivity contribution in [2.45, 2.75) is 33.6 Å². The van der Waals surface area contributed by atoms with Crippen LogP contribution in [0.5, 0.6) is 0 Å². The van der Waals surface area contributed by atoms with Gasteiger partial charge in [-0.2, -0.15) is 0 Å². The first-order valence-electron chi connectivity index (χ1n) is 10.6. The first-order chi connectivity index (χ1) is 14.7. The molecule has 2 aromatic rings. The molecule has 7 heteroatoms. The molecule has 1 heterocycles. The van der Waals surface area contributed by atoms with E-state index < -0.39 is 5.41 Å². The number of benzene rings is 2. The van der Waals surface area contributed by atoms with E-state index >= 15 is 0 Å². The van der Waals surface area contributed by atoms with E-state index in [1.54, 1.807) is 36.4 Å². The van der Waals surface area contributed by atoms with Crippen LogP contribution in [0, 0.1) is 5.41 Å². The van der Waals surface area contributed by atoms with Gasteiger partial charge in [-0.25, -0.2) is 0 Å². The van der Waals surface area contributed by atoms with Crippen molar-refractivity contribution >= 4 is 34.8 Å². The molecule has 0 unspecified atom stereocenters.